The van der Waals surface area contributed by atoms with E-state index >= 15 is 0 Å². The van der Waals surface area contributed by atoms with E-state index in [1.807, 2.05) is 0 Å². The van der Waals surface area contributed by atoms with Crippen LogP contribution in [0.25, 0.3) is 6.08 Å². The molecule has 0 spiro atoms. The molecule has 166 valence electrons. The Morgan fingerprint density at radius 3 is 1.71 bits per heavy atom. The molecule has 3 heterocycles. The highest BCUT2D eigenvalue weighted by atomic mass is 14.8. The van der Waals surface area contributed by atoms with E-state index in [2.05, 4.69) is 72.5 Å². The Bertz CT molecular complexity index is 1050. The Balaban J connectivity index is 2.13. The molecule has 0 saturated heterocycles. The van der Waals surface area contributed by atoms with Gasteiger partial charge < -0.3 is 4.98 Å². The molecule has 0 fully saturated rings. The van der Waals surface area contributed by atoms with Gasteiger partial charge in [0.1, 0.15) is 0 Å². The first-order chi connectivity index (χ1) is 14.9. The van der Waals surface area contributed by atoms with Gasteiger partial charge in [-0.15, -0.1) is 0 Å². The molecule has 0 saturated carbocycles. The van der Waals surface area contributed by atoms with Gasteiger partial charge in [0.05, 0.1) is 17.1 Å². The first-order valence-electron chi connectivity index (χ1n) is 12.2. The van der Waals surface area contributed by atoms with Crippen LogP contribution in [-0.4, -0.2) is 16.4 Å². The Morgan fingerprint density at radius 2 is 1.16 bits per heavy atom. The standard InChI is InChI=1S/C28H39N3/c1-9-19-17(7)29-25(21(19)11-3)15-27-23(13-5)24(14-6)28(31-27)16-26-22(12-4)20(10-2)18(8)30-26/h15-16,29H,9-14H2,1-8H3/b26-16+,27-15?. The van der Waals surface area contributed by atoms with Crippen LogP contribution in [-0.2, 0) is 12.8 Å². The van der Waals surface area contributed by atoms with Gasteiger partial charge >= 0.3 is 0 Å². The minimum Gasteiger partial charge on any atom is -0.359 e. The van der Waals surface area contributed by atoms with E-state index in [4.69, 9.17) is 9.98 Å². The number of H-pyrrole nitrogens is 1. The SMILES string of the molecule is CCC1=C(CC)C(/C=C2/N=C(C)C(CC)=C2CC)=NC1=Cc1[nH]c(C)c(CC)c1CC. The fraction of sp³-hybridized carbons (Fsp3) is 0.500. The van der Waals surface area contributed by atoms with Gasteiger partial charge in [0.2, 0.25) is 0 Å². The summed E-state index contributed by atoms with van der Waals surface area (Å²) >= 11 is 0. The molecule has 0 aliphatic carbocycles. The van der Waals surface area contributed by atoms with Crippen molar-refractivity contribution < 1.29 is 0 Å². The summed E-state index contributed by atoms with van der Waals surface area (Å²) in [5.74, 6) is 0. The first kappa shape index (κ1) is 23.2. The lowest BCUT2D eigenvalue weighted by Gasteiger charge is -2.06. The van der Waals surface area contributed by atoms with Crippen LogP contribution in [0.5, 0.6) is 0 Å². The number of nitrogens with zero attached hydrogens (tertiary/aromatic N) is 2. The van der Waals surface area contributed by atoms with Crippen molar-refractivity contribution in [2.24, 2.45) is 9.98 Å². The normalized spacial score (nSPS) is 19.4. The zero-order chi connectivity index (χ0) is 22.7. The van der Waals surface area contributed by atoms with E-state index in [9.17, 15) is 0 Å². The molecule has 3 rings (SSSR count). The van der Waals surface area contributed by atoms with Gasteiger partial charge in [0.15, 0.2) is 0 Å². The third kappa shape index (κ3) is 4.20. The van der Waals surface area contributed by atoms with Crippen LogP contribution >= 0.6 is 0 Å². The van der Waals surface area contributed by atoms with Gasteiger partial charge in [-0.25, -0.2) is 4.99 Å². The summed E-state index contributed by atoms with van der Waals surface area (Å²) in [6.45, 7) is 17.7. The molecule has 1 N–H and O–H groups in total. The van der Waals surface area contributed by atoms with Crippen LogP contribution in [0.15, 0.2) is 49.7 Å². The van der Waals surface area contributed by atoms with Crippen LogP contribution in [0.2, 0.25) is 0 Å². The van der Waals surface area contributed by atoms with Crippen molar-refractivity contribution in [3.63, 3.8) is 0 Å². The molecule has 31 heavy (non-hydrogen) atoms. The van der Waals surface area contributed by atoms with Crippen molar-refractivity contribution in [2.75, 3.05) is 0 Å². The summed E-state index contributed by atoms with van der Waals surface area (Å²) in [6.07, 6.45) is 10.6. The number of hydrogen-bond donors (Lipinski definition) is 1. The predicted octanol–water partition coefficient (Wildman–Crippen LogP) is 7.84. The Morgan fingerprint density at radius 1 is 0.613 bits per heavy atom. The third-order valence-corrected chi connectivity index (χ3v) is 6.76. The lowest BCUT2D eigenvalue weighted by molar-refractivity contribution is 1.04. The Hall–Kier alpha value is -2.42. The second kappa shape index (κ2) is 9.80. The molecule has 0 amide bonds. The molecule has 0 aromatic carbocycles. The molecular formula is C28H39N3. The molecule has 0 bridgehead atoms. The highest BCUT2D eigenvalue weighted by Gasteiger charge is 2.24. The van der Waals surface area contributed by atoms with Crippen molar-refractivity contribution in [3.05, 3.63) is 62.3 Å². The lowest BCUT2D eigenvalue weighted by atomic mass is 9.96. The summed E-state index contributed by atoms with van der Waals surface area (Å²) in [5.41, 5.74) is 15.4. The molecule has 3 heteroatoms. The van der Waals surface area contributed by atoms with Crippen molar-refractivity contribution in [1.82, 2.24) is 4.98 Å². The first-order valence-corrected chi connectivity index (χ1v) is 12.2. The topological polar surface area (TPSA) is 40.5 Å². The number of aromatic nitrogens is 1. The van der Waals surface area contributed by atoms with Gasteiger partial charge in [-0.1, -0.05) is 41.5 Å². The monoisotopic (exact) mass is 417 g/mol. The van der Waals surface area contributed by atoms with Gasteiger partial charge in [-0.05, 0) is 97.9 Å². The summed E-state index contributed by atoms with van der Waals surface area (Å²) in [6, 6.07) is 0. The van der Waals surface area contributed by atoms with Gasteiger partial charge in [-0.3, -0.25) is 4.99 Å². The van der Waals surface area contributed by atoms with Crippen LogP contribution in [0, 0.1) is 6.92 Å². The van der Waals surface area contributed by atoms with E-state index in [1.165, 1.54) is 50.5 Å². The maximum absolute atomic E-state index is 5.15. The number of aliphatic imine (C=N–C) groups is 2. The average Bonchev–Trinajstić information content (AvgIpc) is 3.36. The molecule has 0 unspecified atom stereocenters. The van der Waals surface area contributed by atoms with Gasteiger partial charge in [-0.2, -0.15) is 0 Å². The second-order valence-corrected chi connectivity index (χ2v) is 8.41. The summed E-state index contributed by atoms with van der Waals surface area (Å²) in [7, 11) is 0. The second-order valence-electron chi connectivity index (χ2n) is 8.41. The molecule has 1 aromatic heterocycles. The summed E-state index contributed by atoms with van der Waals surface area (Å²) < 4.78 is 0. The quantitative estimate of drug-likeness (QED) is 0.447. The summed E-state index contributed by atoms with van der Waals surface area (Å²) in [4.78, 5) is 13.7. The molecule has 0 radical (unpaired) electrons. The van der Waals surface area contributed by atoms with E-state index in [0.717, 1.165) is 55.6 Å². The van der Waals surface area contributed by atoms with E-state index < -0.39 is 0 Å². The molecule has 3 nitrogen and oxygen atoms in total. The largest absolute Gasteiger partial charge is 0.359 e. The molecular weight excluding hydrogens is 378 g/mol. The number of rotatable bonds is 8. The van der Waals surface area contributed by atoms with Gasteiger partial charge in [0, 0.05) is 17.1 Å². The fourth-order valence-electron chi connectivity index (χ4n) is 5.29. The minimum absolute atomic E-state index is 0.988. The van der Waals surface area contributed by atoms with Crippen LogP contribution < -0.4 is 0 Å². The molecule has 1 aromatic rings. The van der Waals surface area contributed by atoms with E-state index in [1.54, 1.807) is 0 Å². The average molecular weight is 418 g/mol. The van der Waals surface area contributed by atoms with Crippen LogP contribution in [0.4, 0.5) is 0 Å². The minimum atomic E-state index is 0.988. The number of aryl methyl sites for hydroxylation is 1. The van der Waals surface area contributed by atoms with Crippen molar-refractivity contribution in [2.45, 2.75) is 93.9 Å². The van der Waals surface area contributed by atoms with E-state index in [0.29, 0.717) is 0 Å². The number of aromatic amines is 1. The number of hydrogen-bond acceptors (Lipinski definition) is 2. The Kier molecular flexibility index (Phi) is 7.35. The predicted molar refractivity (Wildman–Crippen MR) is 136 cm³/mol. The van der Waals surface area contributed by atoms with Crippen molar-refractivity contribution >= 4 is 17.5 Å². The maximum Gasteiger partial charge on any atom is 0.0694 e. The van der Waals surface area contributed by atoms with Crippen molar-refractivity contribution in [3.8, 4) is 0 Å². The summed E-state index contributed by atoms with van der Waals surface area (Å²) in [5, 5.41) is 0. The highest BCUT2D eigenvalue weighted by molar-refractivity contribution is 6.14. The lowest BCUT2D eigenvalue weighted by Crippen LogP contribution is -1.98. The van der Waals surface area contributed by atoms with Crippen LogP contribution in [0.1, 0.15) is 96.7 Å². The van der Waals surface area contributed by atoms with Crippen molar-refractivity contribution in [1.29, 1.82) is 0 Å². The molecule has 2 aliphatic heterocycles. The molecule has 0 atom stereocenters. The number of nitrogens with one attached hydrogen (secondary N) is 1. The highest BCUT2D eigenvalue weighted by Crippen LogP contribution is 2.36. The van der Waals surface area contributed by atoms with Crippen LogP contribution in [0.3, 0.4) is 0 Å². The number of allylic oxidation sites excluding steroid dienone is 5. The third-order valence-electron chi connectivity index (χ3n) is 6.76. The smallest absolute Gasteiger partial charge is 0.0694 e. The Labute approximate surface area is 188 Å². The zero-order valence-corrected chi connectivity index (χ0v) is 20.8. The molecule has 2 aliphatic rings. The zero-order valence-electron chi connectivity index (χ0n) is 20.8. The van der Waals surface area contributed by atoms with E-state index in [-0.39, 0.29) is 0 Å². The maximum atomic E-state index is 5.15. The van der Waals surface area contributed by atoms with Gasteiger partial charge in [0.25, 0.3) is 0 Å². The fourth-order valence-corrected chi connectivity index (χ4v) is 5.29.